The molecule has 8 heteroatoms. The van der Waals surface area contributed by atoms with Gasteiger partial charge >= 0.3 is 6.18 Å². The number of carbonyl (C=O) groups is 1. The zero-order chi connectivity index (χ0) is 16.4. The predicted molar refractivity (Wildman–Crippen MR) is 81.2 cm³/mol. The topological polar surface area (TPSA) is 54.9 Å². The highest BCUT2D eigenvalue weighted by molar-refractivity contribution is 7.15. The molecule has 2 heterocycles. The largest absolute Gasteiger partial charge is 0.427 e. The number of benzene rings is 1. The highest BCUT2D eigenvalue weighted by Crippen LogP contribution is 2.35. The van der Waals surface area contributed by atoms with Gasteiger partial charge in [0.2, 0.25) is 5.91 Å². The van der Waals surface area contributed by atoms with Crippen LogP contribution in [0.5, 0.6) is 0 Å². The van der Waals surface area contributed by atoms with Crippen LogP contribution < -0.4 is 5.32 Å². The molecule has 4 nitrogen and oxygen atoms in total. The highest BCUT2D eigenvalue weighted by atomic mass is 32.1. The van der Waals surface area contributed by atoms with Crippen molar-refractivity contribution in [1.29, 1.82) is 0 Å². The third-order valence-electron chi connectivity index (χ3n) is 3.04. The second-order valence-electron chi connectivity index (χ2n) is 4.79. The molecule has 0 aliphatic carbocycles. The van der Waals surface area contributed by atoms with E-state index in [0.717, 1.165) is 10.9 Å². The molecule has 0 radical (unpaired) electrons. The van der Waals surface area contributed by atoms with Crippen molar-refractivity contribution in [2.75, 3.05) is 5.32 Å². The minimum Gasteiger partial charge on any atom is -0.302 e. The van der Waals surface area contributed by atoms with Gasteiger partial charge in [0.05, 0.1) is 18.1 Å². The van der Waals surface area contributed by atoms with Crippen LogP contribution >= 0.6 is 11.3 Å². The molecule has 0 aliphatic rings. The highest BCUT2D eigenvalue weighted by Gasteiger charge is 2.33. The molecule has 0 saturated heterocycles. The van der Waals surface area contributed by atoms with Crippen molar-refractivity contribution >= 4 is 33.3 Å². The fourth-order valence-electron chi connectivity index (χ4n) is 2.03. The third kappa shape index (κ3) is 3.65. The van der Waals surface area contributed by atoms with Crippen LogP contribution in [0.25, 0.3) is 10.9 Å². The number of rotatable bonds is 3. The molecular formula is C15H10F3N3OS. The number of hydrogen-bond donors (Lipinski definition) is 1. The Morgan fingerprint density at radius 3 is 2.70 bits per heavy atom. The number of pyridine rings is 1. The summed E-state index contributed by atoms with van der Waals surface area (Å²) in [4.78, 5) is 18.9. The standard InChI is InChI=1S/C15H10F3N3OS/c16-15(17,18)12-8-20-14(23-12)21-13(22)6-9-5-10-3-1-2-4-11(10)19-7-9/h1-5,7-8H,6H2,(H,20,21,22). The molecule has 0 spiro atoms. The molecule has 1 amide bonds. The zero-order valence-corrected chi connectivity index (χ0v) is 12.4. The van der Waals surface area contributed by atoms with Gasteiger partial charge in [-0.1, -0.05) is 29.5 Å². The van der Waals surface area contributed by atoms with Gasteiger partial charge in [-0.05, 0) is 17.7 Å². The van der Waals surface area contributed by atoms with E-state index in [-0.39, 0.29) is 11.6 Å². The summed E-state index contributed by atoms with van der Waals surface area (Å²) in [6.07, 6.45) is -2.16. The Hall–Kier alpha value is -2.48. The van der Waals surface area contributed by atoms with E-state index in [4.69, 9.17) is 0 Å². The summed E-state index contributed by atoms with van der Waals surface area (Å²) in [6.45, 7) is 0. The van der Waals surface area contributed by atoms with Gasteiger partial charge in [0.15, 0.2) is 5.13 Å². The van der Waals surface area contributed by atoms with Crippen molar-refractivity contribution in [2.45, 2.75) is 12.6 Å². The number of amides is 1. The first-order valence-electron chi connectivity index (χ1n) is 6.58. The number of anilines is 1. The molecule has 2 aromatic heterocycles. The van der Waals surface area contributed by atoms with Crippen molar-refractivity contribution in [1.82, 2.24) is 9.97 Å². The molecule has 1 N–H and O–H groups in total. The molecule has 1 aromatic carbocycles. The smallest absolute Gasteiger partial charge is 0.302 e. The van der Waals surface area contributed by atoms with Crippen molar-refractivity contribution in [3.8, 4) is 0 Å². The van der Waals surface area contributed by atoms with Crippen LogP contribution in [0.1, 0.15) is 10.4 Å². The van der Waals surface area contributed by atoms with Gasteiger partial charge in [-0.15, -0.1) is 0 Å². The second kappa shape index (κ2) is 5.96. The average molecular weight is 337 g/mol. The van der Waals surface area contributed by atoms with Gasteiger partial charge in [-0.3, -0.25) is 9.78 Å². The summed E-state index contributed by atoms with van der Waals surface area (Å²) in [7, 11) is 0. The van der Waals surface area contributed by atoms with E-state index in [2.05, 4.69) is 15.3 Å². The average Bonchev–Trinajstić information content (AvgIpc) is 2.95. The summed E-state index contributed by atoms with van der Waals surface area (Å²) in [6, 6.07) is 9.28. The number of nitrogens with one attached hydrogen (secondary N) is 1. The van der Waals surface area contributed by atoms with E-state index in [1.165, 1.54) is 0 Å². The van der Waals surface area contributed by atoms with Crippen LogP contribution in [0.2, 0.25) is 0 Å². The Morgan fingerprint density at radius 1 is 1.17 bits per heavy atom. The molecule has 118 valence electrons. The van der Waals surface area contributed by atoms with E-state index < -0.39 is 17.0 Å². The minimum atomic E-state index is -4.46. The number of carbonyl (C=O) groups excluding carboxylic acids is 1. The number of fused-ring (bicyclic) bond motifs is 1. The van der Waals surface area contributed by atoms with Crippen LogP contribution in [0, 0.1) is 0 Å². The summed E-state index contributed by atoms with van der Waals surface area (Å²) >= 11 is 0.398. The maximum atomic E-state index is 12.5. The van der Waals surface area contributed by atoms with Gasteiger partial charge in [0, 0.05) is 11.6 Å². The SMILES string of the molecule is O=C(Cc1cnc2ccccc2c1)Nc1ncc(C(F)(F)F)s1. The van der Waals surface area contributed by atoms with E-state index in [0.29, 0.717) is 23.1 Å². The van der Waals surface area contributed by atoms with Crippen LogP contribution in [-0.4, -0.2) is 15.9 Å². The first kappa shape index (κ1) is 15.4. The molecule has 0 unspecified atom stereocenters. The van der Waals surface area contributed by atoms with Crippen molar-refractivity contribution in [3.05, 3.63) is 53.2 Å². The molecule has 0 aliphatic heterocycles. The van der Waals surface area contributed by atoms with E-state index >= 15 is 0 Å². The van der Waals surface area contributed by atoms with Crippen molar-refractivity contribution < 1.29 is 18.0 Å². The van der Waals surface area contributed by atoms with Crippen LogP contribution in [0.15, 0.2) is 42.7 Å². The Labute approximate surface area is 133 Å². The minimum absolute atomic E-state index is 0.0127. The molecule has 0 fully saturated rings. The maximum Gasteiger partial charge on any atom is 0.427 e. The number of para-hydroxylation sites is 1. The lowest BCUT2D eigenvalue weighted by Crippen LogP contribution is -2.14. The molecule has 0 atom stereocenters. The quantitative estimate of drug-likeness (QED) is 0.789. The zero-order valence-electron chi connectivity index (χ0n) is 11.6. The Balaban J connectivity index is 1.69. The van der Waals surface area contributed by atoms with Gasteiger partial charge in [-0.25, -0.2) is 4.98 Å². The molecule has 0 saturated carbocycles. The summed E-state index contributed by atoms with van der Waals surface area (Å²) in [5, 5.41) is 3.19. The first-order valence-corrected chi connectivity index (χ1v) is 7.40. The number of aromatic nitrogens is 2. The van der Waals surface area contributed by atoms with Crippen molar-refractivity contribution in [3.63, 3.8) is 0 Å². The number of halogens is 3. The lowest BCUT2D eigenvalue weighted by Gasteiger charge is -2.04. The molecule has 3 rings (SSSR count). The number of thiazole rings is 1. The van der Waals surface area contributed by atoms with Crippen LogP contribution in [0.4, 0.5) is 18.3 Å². The van der Waals surface area contributed by atoms with Gasteiger partial charge < -0.3 is 5.32 Å². The third-order valence-corrected chi connectivity index (χ3v) is 4.00. The first-order chi connectivity index (χ1) is 10.9. The number of hydrogen-bond acceptors (Lipinski definition) is 4. The Bertz CT molecular complexity index is 860. The lowest BCUT2D eigenvalue weighted by molar-refractivity contribution is -0.134. The normalized spacial score (nSPS) is 11.6. The monoisotopic (exact) mass is 337 g/mol. The second-order valence-corrected chi connectivity index (χ2v) is 5.82. The fourth-order valence-corrected chi connectivity index (χ4v) is 2.72. The molecule has 3 aromatic rings. The van der Waals surface area contributed by atoms with E-state index in [1.807, 2.05) is 30.3 Å². The summed E-state index contributed by atoms with van der Waals surface area (Å²) in [5.74, 6) is -0.440. The number of nitrogens with zero attached hydrogens (tertiary/aromatic N) is 2. The Kier molecular flexibility index (Phi) is 3.99. The molecule has 0 bridgehead atoms. The van der Waals surface area contributed by atoms with Gasteiger partial charge in [0.1, 0.15) is 4.88 Å². The number of alkyl halides is 3. The Morgan fingerprint density at radius 2 is 1.96 bits per heavy atom. The van der Waals surface area contributed by atoms with E-state index in [9.17, 15) is 18.0 Å². The lowest BCUT2D eigenvalue weighted by atomic mass is 10.1. The molecule has 23 heavy (non-hydrogen) atoms. The van der Waals surface area contributed by atoms with Gasteiger partial charge in [0.25, 0.3) is 0 Å². The van der Waals surface area contributed by atoms with Gasteiger partial charge in [-0.2, -0.15) is 13.2 Å². The maximum absolute atomic E-state index is 12.5. The molecular weight excluding hydrogens is 327 g/mol. The van der Waals surface area contributed by atoms with Crippen LogP contribution in [-0.2, 0) is 17.4 Å². The summed E-state index contributed by atoms with van der Waals surface area (Å²) < 4.78 is 37.4. The van der Waals surface area contributed by atoms with E-state index in [1.54, 1.807) is 6.20 Å². The van der Waals surface area contributed by atoms with Crippen LogP contribution in [0.3, 0.4) is 0 Å². The summed E-state index contributed by atoms with van der Waals surface area (Å²) in [5.41, 5.74) is 1.49. The predicted octanol–water partition coefficient (Wildman–Crippen LogP) is 3.89. The fraction of sp³-hybridized carbons (Fsp3) is 0.133. The van der Waals surface area contributed by atoms with Crippen molar-refractivity contribution in [2.24, 2.45) is 0 Å².